The maximum atomic E-state index is 5.08. The summed E-state index contributed by atoms with van der Waals surface area (Å²) in [5, 5.41) is 3.19. The zero-order valence-corrected chi connectivity index (χ0v) is 12.0. The van der Waals surface area contributed by atoms with Crippen LogP contribution in [0.1, 0.15) is 24.6 Å². The van der Waals surface area contributed by atoms with E-state index in [2.05, 4.69) is 41.3 Å². The van der Waals surface area contributed by atoms with E-state index in [4.69, 9.17) is 4.74 Å². The average Bonchev–Trinajstić information content (AvgIpc) is 2.39. The second-order valence-electron chi connectivity index (χ2n) is 4.48. The smallest absolute Gasteiger partial charge is 0.128 e. The Morgan fingerprint density at radius 1 is 1.39 bits per heavy atom. The lowest BCUT2D eigenvalue weighted by Crippen LogP contribution is -2.21. The number of anilines is 1. The molecule has 0 fully saturated rings. The minimum Gasteiger partial charge on any atom is -0.385 e. The first-order valence-electron chi connectivity index (χ1n) is 6.55. The van der Waals surface area contributed by atoms with Crippen molar-refractivity contribution < 1.29 is 4.74 Å². The lowest BCUT2D eigenvalue weighted by Gasteiger charge is -2.19. The van der Waals surface area contributed by atoms with Gasteiger partial charge in [0.1, 0.15) is 5.82 Å². The molecule has 102 valence electrons. The van der Waals surface area contributed by atoms with Gasteiger partial charge in [-0.15, -0.1) is 0 Å². The third-order valence-electron chi connectivity index (χ3n) is 2.90. The molecule has 0 aliphatic carbocycles. The van der Waals surface area contributed by atoms with E-state index in [0.717, 1.165) is 44.0 Å². The van der Waals surface area contributed by atoms with Crippen molar-refractivity contribution in [1.82, 2.24) is 10.3 Å². The molecule has 1 aromatic rings. The molecule has 4 nitrogen and oxygen atoms in total. The number of aromatic nitrogens is 1. The molecule has 0 atom stereocenters. The quantitative estimate of drug-likeness (QED) is 0.715. The van der Waals surface area contributed by atoms with Gasteiger partial charge in [-0.05, 0) is 37.6 Å². The Labute approximate surface area is 110 Å². The fraction of sp³-hybridized carbons (Fsp3) is 0.643. The van der Waals surface area contributed by atoms with E-state index in [9.17, 15) is 0 Å². The molecule has 0 unspecified atom stereocenters. The van der Waals surface area contributed by atoms with Gasteiger partial charge in [0.2, 0.25) is 0 Å². The van der Waals surface area contributed by atoms with Crippen LogP contribution >= 0.6 is 0 Å². The maximum absolute atomic E-state index is 5.08. The van der Waals surface area contributed by atoms with Crippen molar-refractivity contribution in [2.75, 3.05) is 39.3 Å². The SMILES string of the molecule is CCc1cc(CNC)cc(N(C)CCCOC)n1. The van der Waals surface area contributed by atoms with Crippen molar-refractivity contribution in [1.29, 1.82) is 0 Å². The summed E-state index contributed by atoms with van der Waals surface area (Å²) in [5.74, 6) is 1.05. The summed E-state index contributed by atoms with van der Waals surface area (Å²) in [6.45, 7) is 4.78. The molecule has 0 saturated heterocycles. The number of methoxy groups -OCH3 is 1. The largest absolute Gasteiger partial charge is 0.385 e. The van der Waals surface area contributed by atoms with Crippen molar-refractivity contribution in [3.8, 4) is 0 Å². The fourth-order valence-corrected chi connectivity index (χ4v) is 1.88. The van der Waals surface area contributed by atoms with Gasteiger partial charge in [0.15, 0.2) is 0 Å². The zero-order chi connectivity index (χ0) is 13.4. The van der Waals surface area contributed by atoms with Crippen molar-refractivity contribution in [2.24, 2.45) is 0 Å². The molecule has 1 N–H and O–H groups in total. The monoisotopic (exact) mass is 251 g/mol. The number of hydrogen-bond donors (Lipinski definition) is 1. The Balaban J connectivity index is 2.75. The second-order valence-corrected chi connectivity index (χ2v) is 4.48. The first kappa shape index (κ1) is 14.9. The van der Waals surface area contributed by atoms with Crippen LogP contribution in [0.3, 0.4) is 0 Å². The summed E-state index contributed by atoms with van der Waals surface area (Å²) in [6, 6.07) is 4.32. The highest BCUT2D eigenvalue weighted by molar-refractivity contribution is 5.42. The number of nitrogens with one attached hydrogen (secondary N) is 1. The van der Waals surface area contributed by atoms with Crippen molar-refractivity contribution in [2.45, 2.75) is 26.3 Å². The Morgan fingerprint density at radius 3 is 2.78 bits per heavy atom. The number of aryl methyl sites for hydroxylation is 1. The van der Waals surface area contributed by atoms with Crippen LogP contribution in [0.25, 0.3) is 0 Å². The van der Waals surface area contributed by atoms with Crippen LogP contribution in [0.5, 0.6) is 0 Å². The van der Waals surface area contributed by atoms with Gasteiger partial charge >= 0.3 is 0 Å². The topological polar surface area (TPSA) is 37.4 Å². The molecule has 0 aromatic carbocycles. The summed E-state index contributed by atoms with van der Waals surface area (Å²) in [5.41, 5.74) is 2.44. The van der Waals surface area contributed by atoms with Gasteiger partial charge in [-0.1, -0.05) is 6.92 Å². The molecule has 0 spiro atoms. The van der Waals surface area contributed by atoms with E-state index in [1.807, 2.05) is 7.05 Å². The number of ether oxygens (including phenoxy) is 1. The summed E-state index contributed by atoms with van der Waals surface area (Å²) in [6.07, 6.45) is 1.99. The summed E-state index contributed by atoms with van der Waals surface area (Å²) in [7, 11) is 5.79. The van der Waals surface area contributed by atoms with Gasteiger partial charge in [0, 0.05) is 39.5 Å². The van der Waals surface area contributed by atoms with Crippen molar-refractivity contribution >= 4 is 5.82 Å². The van der Waals surface area contributed by atoms with Gasteiger partial charge in [-0.25, -0.2) is 4.98 Å². The molecule has 18 heavy (non-hydrogen) atoms. The summed E-state index contributed by atoms with van der Waals surface area (Å²) >= 11 is 0. The van der Waals surface area contributed by atoms with E-state index in [0.29, 0.717) is 0 Å². The molecule has 1 rings (SSSR count). The Morgan fingerprint density at radius 2 is 2.17 bits per heavy atom. The third-order valence-corrected chi connectivity index (χ3v) is 2.90. The predicted molar refractivity (Wildman–Crippen MR) is 76.1 cm³/mol. The summed E-state index contributed by atoms with van der Waals surface area (Å²) < 4.78 is 5.08. The van der Waals surface area contributed by atoms with Crippen molar-refractivity contribution in [3.63, 3.8) is 0 Å². The number of hydrogen-bond acceptors (Lipinski definition) is 4. The molecule has 0 saturated carbocycles. The number of pyridine rings is 1. The highest BCUT2D eigenvalue weighted by Crippen LogP contribution is 2.15. The summed E-state index contributed by atoms with van der Waals surface area (Å²) in [4.78, 5) is 6.86. The van der Waals surface area contributed by atoms with Crippen molar-refractivity contribution in [3.05, 3.63) is 23.4 Å². The molecule has 1 heterocycles. The van der Waals surface area contributed by atoms with Gasteiger partial charge < -0.3 is 15.0 Å². The van der Waals surface area contributed by atoms with E-state index < -0.39 is 0 Å². The first-order valence-corrected chi connectivity index (χ1v) is 6.55. The van der Waals surface area contributed by atoms with Gasteiger partial charge in [-0.3, -0.25) is 0 Å². The number of nitrogens with zero attached hydrogens (tertiary/aromatic N) is 2. The molecule has 0 aliphatic heterocycles. The fourth-order valence-electron chi connectivity index (χ4n) is 1.88. The lowest BCUT2D eigenvalue weighted by atomic mass is 10.2. The normalized spacial score (nSPS) is 10.7. The van der Waals surface area contributed by atoms with E-state index in [1.54, 1.807) is 7.11 Å². The molecule has 0 bridgehead atoms. The van der Waals surface area contributed by atoms with Gasteiger partial charge in [0.25, 0.3) is 0 Å². The zero-order valence-electron chi connectivity index (χ0n) is 12.0. The lowest BCUT2D eigenvalue weighted by molar-refractivity contribution is 0.196. The molecule has 4 heteroatoms. The van der Waals surface area contributed by atoms with Crippen LogP contribution in [0.15, 0.2) is 12.1 Å². The molecular weight excluding hydrogens is 226 g/mol. The van der Waals surface area contributed by atoms with Gasteiger partial charge in [0.05, 0.1) is 0 Å². The molecule has 0 radical (unpaired) electrons. The Kier molecular flexibility index (Phi) is 6.68. The Hall–Kier alpha value is -1.13. The van der Waals surface area contributed by atoms with Crippen LogP contribution in [0, 0.1) is 0 Å². The standard InChI is InChI=1S/C14H25N3O/c1-5-13-9-12(11-15-2)10-14(16-13)17(3)7-6-8-18-4/h9-10,15H,5-8,11H2,1-4H3. The van der Waals surface area contributed by atoms with E-state index in [-0.39, 0.29) is 0 Å². The second kappa shape index (κ2) is 8.06. The molecule has 1 aromatic heterocycles. The highest BCUT2D eigenvalue weighted by Gasteiger charge is 2.06. The Bertz CT molecular complexity index is 355. The maximum Gasteiger partial charge on any atom is 0.128 e. The minimum atomic E-state index is 0.793. The van der Waals surface area contributed by atoms with Crippen LogP contribution in [0.2, 0.25) is 0 Å². The molecular formula is C14H25N3O. The molecule has 0 amide bonds. The van der Waals surface area contributed by atoms with E-state index >= 15 is 0 Å². The van der Waals surface area contributed by atoms with Crippen LogP contribution < -0.4 is 10.2 Å². The highest BCUT2D eigenvalue weighted by atomic mass is 16.5. The minimum absolute atomic E-state index is 0.793. The predicted octanol–water partition coefficient (Wildman–Crippen LogP) is 1.84. The van der Waals surface area contributed by atoms with Crippen LogP contribution in [-0.4, -0.2) is 39.3 Å². The van der Waals surface area contributed by atoms with Crippen LogP contribution in [0.4, 0.5) is 5.82 Å². The molecule has 0 aliphatic rings. The first-order chi connectivity index (χ1) is 8.71. The third kappa shape index (κ3) is 4.63. The van der Waals surface area contributed by atoms with Crippen LogP contribution in [-0.2, 0) is 17.7 Å². The number of rotatable bonds is 8. The van der Waals surface area contributed by atoms with Gasteiger partial charge in [-0.2, -0.15) is 0 Å². The van der Waals surface area contributed by atoms with E-state index in [1.165, 1.54) is 5.56 Å². The average molecular weight is 251 g/mol.